The smallest absolute Gasteiger partial charge is 0.246 e. The van der Waals surface area contributed by atoms with Crippen LogP contribution in [0.1, 0.15) is 5.56 Å². The molecule has 1 fully saturated rings. The Morgan fingerprint density at radius 2 is 2.17 bits per heavy atom. The molecule has 1 aromatic rings. The molecule has 0 bridgehead atoms. The molecule has 2 N–H and O–H groups in total. The zero-order chi connectivity index (χ0) is 12.8. The van der Waals surface area contributed by atoms with Gasteiger partial charge in [0.2, 0.25) is 11.8 Å². The molecule has 0 spiro atoms. The van der Waals surface area contributed by atoms with Crippen LogP contribution >= 0.6 is 11.8 Å². The van der Waals surface area contributed by atoms with Crippen LogP contribution in [0.25, 0.3) is 0 Å². The van der Waals surface area contributed by atoms with Crippen molar-refractivity contribution in [1.82, 2.24) is 10.6 Å². The monoisotopic (exact) mass is 262 g/mol. The van der Waals surface area contributed by atoms with Gasteiger partial charge in [-0.05, 0) is 12.0 Å². The number of amides is 2. The first-order valence-electron chi connectivity index (χ1n) is 5.70. The van der Waals surface area contributed by atoms with Crippen LogP contribution in [-0.2, 0) is 16.0 Å². The number of rotatable bonds is 4. The van der Waals surface area contributed by atoms with Crippen molar-refractivity contribution in [2.45, 2.75) is 6.42 Å². The van der Waals surface area contributed by atoms with Crippen LogP contribution in [0.4, 0.5) is 0 Å². The van der Waals surface area contributed by atoms with Gasteiger partial charge in [-0.15, -0.1) is 0 Å². The Balaban J connectivity index is 1.74. The van der Waals surface area contributed by atoms with E-state index in [4.69, 9.17) is 0 Å². The third-order valence-corrected chi connectivity index (χ3v) is 3.38. The lowest BCUT2D eigenvalue weighted by molar-refractivity contribution is -0.117. The molecular formula is C13H14N2O2S. The van der Waals surface area contributed by atoms with E-state index < -0.39 is 0 Å². The average Bonchev–Trinajstić information content (AvgIpc) is 2.76. The van der Waals surface area contributed by atoms with Crippen molar-refractivity contribution in [1.29, 1.82) is 0 Å². The molecule has 0 radical (unpaired) electrons. The van der Waals surface area contributed by atoms with Crippen molar-refractivity contribution in [3.63, 3.8) is 0 Å². The molecule has 2 amide bonds. The van der Waals surface area contributed by atoms with Crippen molar-refractivity contribution >= 4 is 23.6 Å². The summed E-state index contributed by atoms with van der Waals surface area (Å²) in [5, 5.41) is 6.03. The molecule has 2 rings (SSSR count). The maximum atomic E-state index is 11.5. The van der Waals surface area contributed by atoms with Gasteiger partial charge >= 0.3 is 0 Å². The van der Waals surface area contributed by atoms with Gasteiger partial charge in [-0.3, -0.25) is 9.59 Å². The van der Waals surface area contributed by atoms with Crippen molar-refractivity contribution in [3.8, 4) is 0 Å². The normalized spacial score (nSPS) is 16.7. The highest BCUT2D eigenvalue weighted by atomic mass is 32.2. The minimum absolute atomic E-state index is 0.0525. The van der Waals surface area contributed by atoms with Gasteiger partial charge in [-0.25, -0.2) is 0 Å². The van der Waals surface area contributed by atoms with Crippen LogP contribution in [0.15, 0.2) is 41.4 Å². The zero-order valence-corrected chi connectivity index (χ0v) is 10.6. The Hall–Kier alpha value is -1.75. The lowest BCUT2D eigenvalue weighted by Gasteiger charge is -2.03. The van der Waals surface area contributed by atoms with E-state index in [2.05, 4.69) is 10.6 Å². The van der Waals surface area contributed by atoms with Gasteiger partial charge in [0.05, 0.1) is 10.8 Å². The fourth-order valence-electron chi connectivity index (χ4n) is 1.58. The SMILES string of the molecule is O=C(/C=C1/NC(=O)CS1)NCCc1ccccc1. The van der Waals surface area contributed by atoms with E-state index in [0.717, 1.165) is 6.42 Å². The van der Waals surface area contributed by atoms with Crippen molar-refractivity contribution in [3.05, 3.63) is 47.0 Å². The van der Waals surface area contributed by atoms with Crippen LogP contribution in [0, 0.1) is 0 Å². The Bertz CT molecular complexity index is 471. The van der Waals surface area contributed by atoms with Gasteiger partial charge in [-0.2, -0.15) is 0 Å². The van der Waals surface area contributed by atoms with Crippen LogP contribution in [0.3, 0.4) is 0 Å². The number of hydrogen-bond donors (Lipinski definition) is 2. The molecule has 1 aromatic carbocycles. The molecule has 1 aliphatic rings. The Morgan fingerprint density at radius 3 is 2.83 bits per heavy atom. The van der Waals surface area contributed by atoms with E-state index in [-0.39, 0.29) is 11.8 Å². The van der Waals surface area contributed by atoms with Gasteiger partial charge in [0.15, 0.2) is 0 Å². The van der Waals surface area contributed by atoms with E-state index in [0.29, 0.717) is 17.3 Å². The summed E-state index contributed by atoms with van der Waals surface area (Å²) < 4.78 is 0. The van der Waals surface area contributed by atoms with Crippen molar-refractivity contribution in [2.24, 2.45) is 0 Å². The summed E-state index contributed by atoms with van der Waals surface area (Å²) in [6, 6.07) is 9.97. The molecule has 5 heteroatoms. The molecule has 94 valence electrons. The lowest BCUT2D eigenvalue weighted by Crippen LogP contribution is -2.25. The van der Waals surface area contributed by atoms with E-state index in [1.807, 2.05) is 30.3 Å². The van der Waals surface area contributed by atoms with Gasteiger partial charge in [0.25, 0.3) is 0 Å². The minimum atomic E-state index is -0.171. The van der Waals surface area contributed by atoms with Gasteiger partial charge in [0.1, 0.15) is 0 Å². The molecule has 0 atom stereocenters. The molecular weight excluding hydrogens is 248 g/mol. The van der Waals surface area contributed by atoms with Crippen molar-refractivity contribution < 1.29 is 9.59 Å². The van der Waals surface area contributed by atoms with Gasteiger partial charge in [0, 0.05) is 12.6 Å². The molecule has 1 heterocycles. The lowest BCUT2D eigenvalue weighted by atomic mass is 10.1. The number of carbonyl (C=O) groups is 2. The van der Waals surface area contributed by atoms with Crippen LogP contribution in [-0.4, -0.2) is 24.1 Å². The Kier molecular flexibility index (Phi) is 4.41. The number of carbonyl (C=O) groups excluding carboxylic acids is 2. The highest BCUT2D eigenvalue weighted by molar-refractivity contribution is 8.04. The fraction of sp³-hybridized carbons (Fsp3) is 0.231. The largest absolute Gasteiger partial charge is 0.352 e. The van der Waals surface area contributed by atoms with Gasteiger partial charge < -0.3 is 10.6 Å². The quantitative estimate of drug-likeness (QED) is 0.797. The van der Waals surface area contributed by atoms with E-state index in [1.165, 1.54) is 23.4 Å². The Morgan fingerprint density at radius 1 is 1.39 bits per heavy atom. The summed E-state index contributed by atoms with van der Waals surface area (Å²) in [6.07, 6.45) is 2.23. The number of nitrogens with one attached hydrogen (secondary N) is 2. The number of hydrogen-bond acceptors (Lipinski definition) is 3. The molecule has 0 aliphatic carbocycles. The summed E-state index contributed by atoms with van der Waals surface area (Å²) in [7, 11) is 0. The second kappa shape index (κ2) is 6.26. The van der Waals surface area contributed by atoms with E-state index in [1.54, 1.807) is 0 Å². The molecule has 1 saturated heterocycles. The summed E-state index contributed by atoms with van der Waals surface area (Å²) >= 11 is 1.35. The predicted octanol–water partition coefficient (Wildman–Crippen LogP) is 1.05. The van der Waals surface area contributed by atoms with Crippen LogP contribution in [0.5, 0.6) is 0 Å². The standard InChI is InChI=1S/C13H14N2O2S/c16-11(8-13-15-12(17)9-18-13)14-7-6-10-4-2-1-3-5-10/h1-5,8H,6-7,9H2,(H,14,16)(H,15,17)/b13-8-. The third kappa shape index (κ3) is 3.92. The Labute approximate surface area is 110 Å². The van der Waals surface area contributed by atoms with Crippen LogP contribution < -0.4 is 10.6 Å². The number of thioether (sulfide) groups is 1. The highest BCUT2D eigenvalue weighted by Crippen LogP contribution is 2.17. The summed E-state index contributed by atoms with van der Waals surface area (Å²) in [5.41, 5.74) is 1.19. The first kappa shape index (κ1) is 12.7. The fourth-order valence-corrected chi connectivity index (χ4v) is 2.31. The second-order valence-corrected chi connectivity index (χ2v) is 4.89. The maximum absolute atomic E-state index is 11.5. The van der Waals surface area contributed by atoms with Crippen molar-refractivity contribution in [2.75, 3.05) is 12.3 Å². The highest BCUT2D eigenvalue weighted by Gasteiger charge is 2.15. The second-order valence-electron chi connectivity index (χ2n) is 3.87. The predicted molar refractivity (Wildman–Crippen MR) is 71.8 cm³/mol. The molecule has 4 nitrogen and oxygen atoms in total. The first-order valence-corrected chi connectivity index (χ1v) is 6.69. The molecule has 0 unspecified atom stereocenters. The minimum Gasteiger partial charge on any atom is -0.352 e. The van der Waals surface area contributed by atoms with Gasteiger partial charge in [-0.1, -0.05) is 42.1 Å². The summed E-state index contributed by atoms with van der Waals surface area (Å²) in [4.78, 5) is 22.5. The average molecular weight is 262 g/mol. The summed E-state index contributed by atoms with van der Waals surface area (Å²) in [6.45, 7) is 0.589. The molecule has 0 saturated carbocycles. The summed E-state index contributed by atoms with van der Waals surface area (Å²) in [5.74, 6) is 0.169. The number of benzene rings is 1. The maximum Gasteiger partial charge on any atom is 0.246 e. The topological polar surface area (TPSA) is 58.2 Å². The molecule has 18 heavy (non-hydrogen) atoms. The van der Waals surface area contributed by atoms with E-state index in [9.17, 15) is 9.59 Å². The zero-order valence-electron chi connectivity index (χ0n) is 9.81. The third-order valence-electron chi connectivity index (χ3n) is 2.44. The first-order chi connectivity index (χ1) is 8.74. The van der Waals surface area contributed by atoms with Crippen LogP contribution in [0.2, 0.25) is 0 Å². The van der Waals surface area contributed by atoms with E-state index >= 15 is 0 Å². The molecule has 1 aliphatic heterocycles. The molecule has 0 aromatic heterocycles.